The lowest BCUT2D eigenvalue weighted by atomic mass is 10.3. The summed E-state index contributed by atoms with van der Waals surface area (Å²) in [6.07, 6.45) is 0. The molecule has 0 saturated carbocycles. The van der Waals surface area contributed by atoms with Crippen LogP contribution in [0.3, 0.4) is 0 Å². The van der Waals surface area contributed by atoms with E-state index in [1.165, 1.54) is 12.1 Å². The average molecular weight is 278 g/mol. The van der Waals surface area contributed by atoms with Crippen molar-refractivity contribution in [3.8, 4) is 0 Å². The van der Waals surface area contributed by atoms with E-state index in [9.17, 15) is 15.3 Å². The number of nitro groups is 1. The Kier molecular flexibility index (Phi) is 3.72. The van der Waals surface area contributed by atoms with Crippen molar-refractivity contribution in [1.82, 2.24) is 0 Å². The second-order valence-corrected chi connectivity index (χ2v) is 4.01. The second-order valence-electron chi connectivity index (χ2n) is 3.60. The van der Waals surface area contributed by atoms with E-state index in [2.05, 4.69) is 5.11 Å². The predicted molar refractivity (Wildman–Crippen MR) is 69.9 cm³/mol. The highest BCUT2D eigenvalue weighted by Gasteiger charge is 2.14. The summed E-state index contributed by atoms with van der Waals surface area (Å²) < 4.78 is 0. The van der Waals surface area contributed by atoms with Gasteiger partial charge in [-0.3, -0.25) is 10.1 Å². The SMILES string of the molecule is O=[N+]([O-])c1cc(N=[N+]([O-])c2ccccc2)ccc1Cl. The molecule has 0 bridgehead atoms. The van der Waals surface area contributed by atoms with Crippen molar-refractivity contribution in [3.05, 3.63) is 68.9 Å². The first kappa shape index (κ1) is 13.0. The maximum absolute atomic E-state index is 11.7. The highest BCUT2D eigenvalue weighted by Crippen LogP contribution is 2.29. The van der Waals surface area contributed by atoms with Gasteiger partial charge in [0.05, 0.1) is 4.92 Å². The van der Waals surface area contributed by atoms with Gasteiger partial charge in [0.1, 0.15) is 10.7 Å². The van der Waals surface area contributed by atoms with Crippen molar-refractivity contribution < 1.29 is 9.78 Å². The normalized spacial score (nSPS) is 11.3. The van der Waals surface area contributed by atoms with Crippen LogP contribution in [0.15, 0.2) is 53.6 Å². The van der Waals surface area contributed by atoms with Crippen molar-refractivity contribution in [2.45, 2.75) is 0 Å². The fraction of sp³-hybridized carbons (Fsp3) is 0. The van der Waals surface area contributed by atoms with Crippen LogP contribution >= 0.6 is 11.6 Å². The van der Waals surface area contributed by atoms with Crippen LogP contribution in [-0.4, -0.2) is 9.78 Å². The molecule has 0 N–H and O–H groups in total. The van der Waals surface area contributed by atoms with Crippen LogP contribution in [-0.2, 0) is 0 Å². The minimum atomic E-state index is -0.626. The molecule has 0 saturated heterocycles. The van der Waals surface area contributed by atoms with Crippen molar-refractivity contribution in [2.24, 2.45) is 5.11 Å². The zero-order valence-electron chi connectivity index (χ0n) is 9.56. The lowest BCUT2D eigenvalue weighted by Crippen LogP contribution is -1.91. The molecule has 6 nitrogen and oxygen atoms in total. The smallest absolute Gasteiger partial charge is 0.290 e. The van der Waals surface area contributed by atoms with E-state index >= 15 is 0 Å². The van der Waals surface area contributed by atoms with Gasteiger partial charge in [0.2, 0.25) is 5.69 Å². The molecule has 0 amide bonds. The Morgan fingerprint density at radius 2 is 1.74 bits per heavy atom. The van der Waals surface area contributed by atoms with Crippen molar-refractivity contribution >= 4 is 28.7 Å². The van der Waals surface area contributed by atoms with Gasteiger partial charge in [-0.2, -0.15) is 0 Å². The van der Waals surface area contributed by atoms with Crippen LogP contribution in [0.2, 0.25) is 5.02 Å². The highest BCUT2D eigenvalue weighted by atomic mass is 35.5. The van der Waals surface area contributed by atoms with Crippen LogP contribution in [0.5, 0.6) is 0 Å². The predicted octanol–water partition coefficient (Wildman–Crippen LogP) is 4.17. The zero-order valence-corrected chi connectivity index (χ0v) is 10.3. The number of hydrogen-bond donors (Lipinski definition) is 0. The Morgan fingerprint density at radius 3 is 2.37 bits per heavy atom. The third-order valence-electron chi connectivity index (χ3n) is 2.31. The molecule has 0 fully saturated rings. The van der Waals surface area contributed by atoms with Crippen LogP contribution in [0.4, 0.5) is 17.1 Å². The average Bonchev–Trinajstić information content (AvgIpc) is 2.41. The molecule has 0 spiro atoms. The number of hydrogen-bond acceptors (Lipinski definition) is 4. The lowest BCUT2D eigenvalue weighted by Gasteiger charge is -1.99. The number of nitrogens with zero attached hydrogens (tertiary/aromatic N) is 3. The standard InChI is InChI=1S/C12H8ClN3O3/c13-11-7-6-9(8-12(11)16(18)19)14-15(17)10-4-2-1-3-5-10/h1-8H. The second kappa shape index (κ2) is 5.45. The van der Waals surface area contributed by atoms with Crippen LogP contribution < -0.4 is 0 Å². The van der Waals surface area contributed by atoms with Gasteiger partial charge in [-0.05, 0) is 12.1 Å². The lowest BCUT2D eigenvalue weighted by molar-refractivity contribution is -0.435. The largest absolute Gasteiger partial charge is 0.594 e. The van der Waals surface area contributed by atoms with Gasteiger partial charge in [-0.1, -0.05) is 34.7 Å². The third kappa shape index (κ3) is 3.05. The molecule has 19 heavy (non-hydrogen) atoms. The van der Waals surface area contributed by atoms with E-state index in [0.717, 1.165) is 6.07 Å². The van der Waals surface area contributed by atoms with Crippen molar-refractivity contribution in [3.63, 3.8) is 0 Å². The van der Waals surface area contributed by atoms with Gasteiger partial charge in [-0.25, -0.2) is 0 Å². The summed E-state index contributed by atoms with van der Waals surface area (Å²) in [5, 5.41) is 26.2. The van der Waals surface area contributed by atoms with Gasteiger partial charge in [0.15, 0.2) is 0 Å². The summed E-state index contributed by atoms with van der Waals surface area (Å²) >= 11 is 5.67. The topological polar surface area (TPSA) is 81.6 Å². The molecule has 7 heteroatoms. The summed E-state index contributed by atoms with van der Waals surface area (Å²) in [7, 11) is 0. The Morgan fingerprint density at radius 1 is 1.05 bits per heavy atom. The molecule has 0 radical (unpaired) electrons. The third-order valence-corrected chi connectivity index (χ3v) is 2.63. The Balaban J connectivity index is 2.38. The Labute approximate surface area is 113 Å². The molecule has 2 aromatic rings. The molecule has 2 aromatic carbocycles. The van der Waals surface area contributed by atoms with Crippen LogP contribution in [0.25, 0.3) is 0 Å². The van der Waals surface area contributed by atoms with E-state index in [4.69, 9.17) is 11.6 Å². The van der Waals surface area contributed by atoms with E-state index in [-0.39, 0.29) is 16.4 Å². The molecule has 0 atom stereocenters. The number of azo groups is 1. The summed E-state index contributed by atoms with van der Waals surface area (Å²) in [5.41, 5.74) is 0.208. The molecule has 0 heterocycles. The number of nitro benzene ring substituents is 1. The fourth-order valence-corrected chi connectivity index (χ4v) is 1.61. The monoisotopic (exact) mass is 277 g/mol. The molecule has 0 unspecified atom stereocenters. The summed E-state index contributed by atoms with van der Waals surface area (Å²) in [5.74, 6) is 0. The number of para-hydroxylation sites is 1. The Bertz CT molecular complexity index is 644. The van der Waals surface area contributed by atoms with Gasteiger partial charge in [-0.15, -0.1) is 0 Å². The molecule has 0 aliphatic carbocycles. The molecule has 96 valence electrons. The van der Waals surface area contributed by atoms with Gasteiger partial charge >= 0.3 is 0 Å². The molecular formula is C12H8ClN3O3. The van der Waals surface area contributed by atoms with Gasteiger partial charge < -0.3 is 5.21 Å². The van der Waals surface area contributed by atoms with Crippen molar-refractivity contribution in [1.29, 1.82) is 0 Å². The minimum absolute atomic E-state index is 0.00103. The number of halogens is 1. The first-order valence-electron chi connectivity index (χ1n) is 5.26. The molecular weight excluding hydrogens is 270 g/mol. The summed E-state index contributed by atoms with van der Waals surface area (Å²) in [6, 6.07) is 12.2. The number of rotatable bonds is 3. The maximum Gasteiger partial charge on any atom is 0.290 e. The van der Waals surface area contributed by atoms with E-state index < -0.39 is 4.92 Å². The number of benzene rings is 2. The fourth-order valence-electron chi connectivity index (χ4n) is 1.42. The van der Waals surface area contributed by atoms with Crippen LogP contribution in [0, 0.1) is 15.3 Å². The molecule has 0 aromatic heterocycles. The summed E-state index contributed by atoms with van der Waals surface area (Å²) in [4.78, 5) is 10.5. The quantitative estimate of drug-likeness (QED) is 0.365. The van der Waals surface area contributed by atoms with Gasteiger partial charge in [0, 0.05) is 23.3 Å². The minimum Gasteiger partial charge on any atom is -0.594 e. The Hall–Kier alpha value is -2.47. The van der Waals surface area contributed by atoms with Crippen molar-refractivity contribution in [2.75, 3.05) is 0 Å². The van der Waals surface area contributed by atoms with E-state index in [1.54, 1.807) is 30.3 Å². The summed E-state index contributed by atoms with van der Waals surface area (Å²) in [6.45, 7) is 0. The molecule has 2 rings (SSSR count). The first-order chi connectivity index (χ1) is 9.08. The van der Waals surface area contributed by atoms with E-state index in [1.807, 2.05) is 0 Å². The highest BCUT2D eigenvalue weighted by molar-refractivity contribution is 6.32. The van der Waals surface area contributed by atoms with Gasteiger partial charge in [0.25, 0.3) is 5.69 Å². The zero-order chi connectivity index (χ0) is 13.8. The van der Waals surface area contributed by atoms with Crippen LogP contribution in [0.1, 0.15) is 0 Å². The molecule has 0 aliphatic heterocycles. The van der Waals surface area contributed by atoms with E-state index in [0.29, 0.717) is 10.5 Å². The molecule has 0 aliphatic rings. The first-order valence-corrected chi connectivity index (χ1v) is 5.63. The maximum atomic E-state index is 11.7.